The average Bonchev–Trinajstić information content (AvgIpc) is 3.24. The summed E-state index contributed by atoms with van der Waals surface area (Å²) in [5.74, 6) is 1.59. The summed E-state index contributed by atoms with van der Waals surface area (Å²) in [5, 5.41) is 8.09. The van der Waals surface area contributed by atoms with Gasteiger partial charge in [-0.05, 0) is 35.9 Å². The first kappa shape index (κ1) is 19.6. The van der Waals surface area contributed by atoms with Crippen molar-refractivity contribution in [1.29, 1.82) is 0 Å². The van der Waals surface area contributed by atoms with Crippen LogP contribution in [0, 0.1) is 0 Å². The van der Waals surface area contributed by atoms with Crippen LogP contribution in [0.15, 0.2) is 65.9 Å². The second-order valence-corrected chi connectivity index (χ2v) is 6.41. The molecule has 0 fully saturated rings. The molecule has 1 aromatic heterocycles. The summed E-state index contributed by atoms with van der Waals surface area (Å²) in [6, 6.07) is 14.8. The molecule has 2 aromatic carbocycles. The molecule has 0 radical (unpaired) electrons. The van der Waals surface area contributed by atoms with E-state index in [0.717, 1.165) is 5.56 Å². The number of guanidine groups is 1. The molecule has 1 atom stereocenters. The monoisotopic (exact) mass is 399 g/mol. The molecular weight excluding hydrogens is 378 g/mol. The Morgan fingerprint density at radius 1 is 1.21 bits per heavy atom. The Hall–Kier alpha value is -3.19. The summed E-state index contributed by atoms with van der Waals surface area (Å²) in [6.45, 7) is 0.397. The van der Waals surface area contributed by atoms with E-state index in [4.69, 9.17) is 26.8 Å². The fourth-order valence-corrected chi connectivity index (χ4v) is 2.89. The second-order valence-electron chi connectivity index (χ2n) is 5.97. The highest BCUT2D eigenvalue weighted by Gasteiger charge is 2.14. The molecular formula is C20H22ClN5O2. The maximum atomic E-state index is 6.12. The van der Waals surface area contributed by atoms with Gasteiger partial charge < -0.3 is 20.5 Å². The van der Waals surface area contributed by atoms with E-state index in [9.17, 15) is 0 Å². The van der Waals surface area contributed by atoms with E-state index < -0.39 is 0 Å². The molecule has 0 bridgehead atoms. The second kappa shape index (κ2) is 9.14. The number of anilines is 1. The van der Waals surface area contributed by atoms with Crippen LogP contribution in [0.4, 0.5) is 5.69 Å². The molecule has 3 N–H and O–H groups in total. The first-order chi connectivity index (χ1) is 13.6. The predicted molar refractivity (Wildman–Crippen MR) is 111 cm³/mol. The van der Waals surface area contributed by atoms with Crippen molar-refractivity contribution in [3.8, 4) is 11.5 Å². The van der Waals surface area contributed by atoms with E-state index in [1.54, 1.807) is 32.5 Å². The van der Waals surface area contributed by atoms with Gasteiger partial charge in [-0.15, -0.1) is 0 Å². The van der Waals surface area contributed by atoms with E-state index in [1.165, 1.54) is 0 Å². The molecule has 0 saturated heterocycles. The van der Waals surface area contributed by atoms with Crippen LogP contribution < -0.4 is 20.5 Å². The Morgan fingerprint density at radius 2 is 2.00 bits per heavy atom. The molecule has 1 heterocycles. The van der Waals surface area contributed by atoms with Gasteiger partial charge in [0, 0.05) is 23.5 Å². The highest BCUT2D eigenvalue weighted by atomic mass is 35.5. The van der Waals surface area contributed by atoms with Crippen LogP contribution in [-0.2, 0) is 0 Å². The minimum Gasteiger partial charge on any atom is -0.497 e. The normalized spacial score (nSPS) is 12.5. The van der Waals surface area contributed by atoms with E-state index in [1.807, 2.05) is 47.3 Å². The lowest BCUT2D eigenvalue weighted by Crippen LogP contribution is -2.25. The SMILES string of the molecule is COc1ccc(OC)c(NC(N)=NCC(c2ccc(Cl)cc2)n2cccn2)c1. The van der Waals surface area contributed by atoms with Gasteiger partial charge in [0.15, 0.2) is 5.96 Å². The van der Waals surface area contributed by atoms with Gasteiger partial charge >= 0.3 is 0 Å². The third-order valence-corrected chi connectivity index (χ3v) is 4.45. The maximum Gasteiger partial charge on any atom is 0.193 e. The van der Waals surface area contributed by atoms with Crippen LogP contribution in [0.25, 0.3) is 0 Å². The fraction of sp³-hybridized carbons (Fsp3) is 0.200. The zero-order valence-electron chi connectivity index (χ0n) is 15.7. The number of hydrogen-bond acceptors (Lipinski definition) is 4. The van der Waals surface area contributed by atoms with Gasteiger partial charge in [-0.25, -0.2) is 0 Å². The summed E-state index contributed by atoms with van der Waals surface area (Å²) in [6.07, 6.45) is 3.62. The number of ether oxygens (including phenoxy) is 2. The van der Waals surface area contributed by atoms with Gasteiger partial charge in [0.1, 0.15) is 11.5 Å². The van der Waals surface area contributed by atoms with Crippen molar-refractivity contribution >= 4 is 23.2 Å². The van der Waals surface area contributed by atoms with Crippen molar-refractivity contribution in [3.05, 3.63) is 71.5 Å². The van der Waals surface area contributed by atoms with Crippen molar-refractivity contribution in [3.63, 3.8) is 0 Å². The number of nitrogens with zero attached hydrogens (tertiary/aromatic N) is 3. The molecule has 8 heteroatoms. The number of methoxy groups -OCH3 is 2. The summed E-state index contributed by atoms with van der Waals surface area (Å²) in [4.78, 5) is 4.50. The van der Waals surface area contributed by atoms with E-state index in [0.29, 0.717) is 28.8 Å². The van der Waals surface area contributed by atoms with Crippen LogP contribution in [0.2, 0.25) is 5.02 Å². The third-order valence-electron chi connectivity index (χ3n) is 4.20. The summed E-state index contributed by atoms with van der Waals surface area (Å²) >= 11 is 6.01. The number of benzene rings is 2. The topological polar surface area (TPSA) is 86.7 Å². The predicted octanol–water partition coefficient (Wildman–Crippen LogP) is 3.57. The first-order valence-electron chi connectivity index (χ1n) is 8.64. The Balaban J connectivity index is 1.80. The lowest BCUT2D eigenvalue weighted by molar-refractivity contribution is 0.405. The van der Waals surface area contributed by atoms with Gasteiger partial charge in [-0.1, -0.05) is 23.7 Å². The Labute approximate surface area is 168 Å². The number of nitrogens with one attached hydrogen (secondary N) is 1. The molecule has 1 unspecified atom stereocenters. The molecule has 28 heavy (non-hydrogen) atoms. The maximum absolute atomic E-state index is 6.12. The summed E-state index contributed by atoms with van der Waals surface area (Å²) in [7, 11) is 3.19. The fourth-order valence-electron chi connectivity index (χ4n) is 2.77. The van der Waals surface area contributed by atoms with Gasteiger partial charge in [0.2, 0.25) is 0 Å². The molecule has 0 aliphatic heterocycles. The lowest BCUT2D eigenvalue weighted by Gasteiger charge is -2.17. The number of rotatable bonds is 7. The molecule has 3 aromatic rings. The van der Waals surface area contributed by atoms with Crippen molar-refractivity contribution < 1.29 is 9.47 Å². The first-order valence-corrected chi connectivity index (χ1v) is 9.02. The minimum absolute atomic E-state index is 0.111. The summed E-state index contributed by atoms with van der Waals surface area (Å²) in [5.41, 5.74) is 7.82. The van der Waals surface area contributed by atoms with Gasteiger partial charge in [0.25, 0.3) is 0 Å². The van der Waals surface area contributed by atoms with Crippen LogP contribution >= 0.6 is 11.6 Å². The molecule has 0 spiro atoms. The number of aromatic nitrogens is 2. The van der Waals surface area contributed by atoms with Gasteiger partial charge in [0.05, 0.1) is 32.5 Å². The molecule has 0 aliphatic rings. The highest BCUT2D eigenvalue weighted by Crippen LogP contribution is 2.28. The van der Waals surface area contributed by atoms with Crippen molar-refractivity contribution in [2.75, 3.05) is 26.1 Å². The molecule has 0 saturated carbocycles. The molecule has 3 rings (SSSR count). The van der Waals surface area contributed by atoms with Gasteiger partial charge in [-0.3, -0.25) is 9.67 Å². The number of nitrogens with two attached hydrogens (primary N) is 1. The van der Waals surface area contributed by atoms with Crippen LogP contribution in [-0.4, -0.2) is 36.5 Å². The average molecular weight is 400 g/mol. The van der Waals surface area contributed by atoms with Crippen molar-refractivity contribution in [2.24, 2.45) is 10.7 Å². The van der Waals surface area contributed by atoms with Gasteiger partial charge in [-0.2, -0.15) is 5.10 Å². The third kappa shape index (κ3) is 4.75. The van der Waals surface area contributed by atoms with E-state index in [2.05, 4.69) is 15.4 Å². The Morgan fingerprint density at radius 3 is 2.64 bits per heavy atom. The largest absolute Gasteiger partial charge is 0.497 e. The van der Waals surface area contributed by atoms with Crippen LogP contribution in [0.5, 0.6) is 11.5 Å². The highest BCUT2D eigenvalue weighted by molar-refractivity contribution is 6.30. The Bertz CT molecular complexity index is 926. The zero-order valence-corrected chi connectivity index (χ0v) is 16.4. The van der Waals surface area contributed by atoms with E-state index in [-0.39, 0.29) is 12.0 Å². The molecule has 146 valence electrons. The molecule has 0 amide bonds. The molecule has 7 nitrogen and oxygen atoms in total. The number of aliphatic imine (C=N–C) groups is 1. The van der Waals surface area contributed by atoms with E-state index >= 15 is 0 Å². The lowest BCUT2D eigenvalue weighted by atomic mass is 10.1. The van der Waals surface area contributed by atoms with Crippen LogP contribution in [0.3, 0.4) is 0 Å². The standard InChI is InChI=1S/C20H22ClN5O2/c1-27-16-8-9-19(28-2)17(12-16)25-20(22)23-13-18(26-11-3-10-24-26)14-4-6-15(21)7-5-14/h3-12,18H,13H2,1-2H3,(H3,22,23,25). The zero-order chi connectivity index (χ0) is 19.9. The van der Waals surface area contributed by atoms with Crippen LogP contribution in [0.1, 0.15) is 11.6 Å². The van der Waals surface area contributed by atoms with Crippen molar-refractivity contribution in [1.82, 2.24) is 9.78 Å². The molecule has 0 aliphatic carbocycles. The quantitative estimate of drug-likeness (QED) is 0.468. The summed E-state index contributed by atoms with van der Waals surface area (Å²) < 4.78 is 12.4. The number of hydrogen-bond donors (Lipinski definition) is 2. The van der Waals surface area contributed by atoms with Crippen molar-refractivity contribution in [2.45, 2.75) is 6.04 Å². The minimum atomic E-state index is -0.111. The Kier molecular flexibility index (Phi) is 6.39. The number of halogens is 1. The smallest absolute Gasteiger partial charge is 0.193 e.